The van der Waals surface area contributed by atoms with Crippen molar-refractivity contribution < 1.29 is 13.9 Å². The highest BCUT2D eigenvalue weighted by Gasteiger charge is 2.15. The van der Waals surface area contributed by atoms with Gasteiger partial charge in [-0.1, -0.05) is 22.9 Å². The van der Waals surface area contributed by atoms with E-state index in [1.165, 1.54) is 6.07 Å². The standard InChI is InChI=1S/C10H8BrFO2/c1-2-8-9(13)6-3-5(11)4-7(12)10(6)14-8/h3-4,13H,2H2,1H3. The molecule has 0 aliphatic carbocycles. The predicted molar refractivity (Wildman–Crippen MR) is 54.9 cm³/mol. The molecule has 1 aromatic carbocycles. The summed E-state index contributed by atoms with van der Waals surface area (Å²) < 4.78 is 19.1. The number of furan rings is 1. The number of aryl methyl sites for hydroxylation is 1. The van der Waals surface area contributed by atoms with Gasteiger partial charge in [-0.2, -0.15) is 0 Å². The van der Waals surface area contributed by atoms with Crippen molar-refractivity contribution in [3.05, 3.63) is 28.2 Å². The minimum atomic E-state index is -0.468. The number of hydrogen-bond acceptors (Lipinski definition) is 2. The summed E-state index contributed by atoms with van der Waals surface area (Å²) >= 11 is 3.16. The first kappa shape index (κ1) is 9.52. The summed E-state index contributed by atoms with van der Waals surface area (Å²) in [6.45, 7) is 1.84. The zero-order valence-corrected chi connectivity index (χ0v) is 9.06. The normalized spacial score (nSPS) is 11.1. The maximum absolute atomic E-state index is 13.3. The van der Waals surface area contributed by atoms with Crippen molar-refractivity contribution in [3.63, 3.8) is 0 Å². The van der Waals surface area contributed by atoms with Crippen LogP contribution in [0.5, 0.6) is 5.75 Å². The fraction of sp³-hybridized carbons (Fsp3) is 0.200. The van der Waals surface area contributed by atoms with Gasteiger partial charge in [0.15, 0.2) is 17.1 Å². The summed E-state index contributed by atoms with van der Waals surface area (Å²) in [5, 5.41) is 10.1. The van der Waals surface area contributed by atoms with Gasteiger partial charge in [-0.25, -0.2) is 4.39 Å². The third kappa shape index (κ3) is 1.30. The van der Waals surface area contributed by atoms with Crippen LogP contribution in [0.2, 0.25) is 0 Å². The number of fused-ring (bicyclic) bond motifs is 1. The molecular weight excluding hydrogens is 251 g/mol. The third-order valence-electron chi connectivity index (χ3n) is 2.07. The molecule has 0 saturated carbocycles. The smallest absolute Gasteiger partial charge is 0.173 e. The van der Waals surface area contributed by atoms with Gasteiger partial charge in [0.25, 0.3) is 0 Å². The lowest BCUT2D eigenvalue weighted by molar-refractivity contribution is 0.440. The average Bonchev–Trinajstić information content (AvgIpc) is 2.44. The summed E-state index contributed by atoms with van der Waals surface area (Å²) in [6, 6.07) is 2.95. The molecule has 0 bridgehead atoms. The topological polar surface area (TPSA) is 33.4 Å². The van der Waals surface area contributed by atoms with E-state index in [4.69, 9.17) is 4.42 Å². The lowest BCUT2D eigenvalue weighted by Crippen LogP contribution is -1.74. The fourth-order valence-electron chi connectivity index (χ4n) is 1.40. The number of halogens is 2. The van der Waals surface area contributed by atoms with Crippen molar-refractivity contribution in [2.24, 2.45) is 0 Å². The van der Waals surface area contributed by atoms with Crippen LogP contribution >= 0.6 is 15.9 Å². The van der Waals surface area contributed by atoms with E-state index >= 15 is 0 Å². The summed E-state index contributed by atoms with van der Waals surface area (Å²) in [4.78, 5) is 0. The first-order valence-corrected chi connectivity index (χ1v) is 5.02. The second-order valence-electron chi connectivity index (χ2n) is 2.99. The molecule has 2 nitrogen and oxygen atoms in total. The molecular formula is C10H8BrFO2. The predicted octanol–water partition coefficient (Wildman–Crippen LogP) is 3.60. The van der Waals surface area contributed by atoms with Crippen LogP contribution < -0.4 is 0 Å². The molecule has 14 heavy (non-hydrogen) atoms. The maximum Gasteiger partial charge on any atom is 0.173 e. The van der Waals surface area contributed by atoms with E-state index in [2.05, 4.69) is 15.9 Å². The number of benzene rings is 1. The molecule has 0 radical (unpaired) electrons. The average molecular weight is 259 g/mol. The zero-order chi connectivity index (χ0) is 10.3. The Kier molecular flexibility index (Phi) is 2.23. The molecule has 0 amide bonds. The van der Waals surface area contributed by atoms with Gasteiger partial charge >= 0.3 is 0 Å². The van der Waals surface area contributed by atoms with E-state index in [-0.39, 0.29) is 11.3 Å². The largest absolute Gasteiger partial charge is 0.504 e. The molecule has 1 aromatic heterocycles. The van der Waals surface area contributed by atoms with Gasteiger partial charge in [-0.05, 0) is 12.1 Å². The van der Waals surface area contributed by atoms with Crippen LogP contribution in [0.25, 0.3) is 11.0 Å². The van der Waals surface area contributed by atoms with Crippen molar-refractivity contribution in [3.8, 4) is 5.75 Å². The van der Waals surface area contributed by atoms with Crippen molar-refractivity contribution in [2.45, 2.75) is 13.3 Å². The lowest BCUT2D eigenvalue weighted by Gasteiger charge is -1.92. The van der Waals surface area contributed by atoms with Crippen LogP contribution in [0, 0.1) is 5.82 Å². The molecule has 0 saturated heterocycles. The SMILES string of the molecule is CCc1oc2c(F)cc(Br)cc2c1O. The molecule has 0 spiro atoms. The lowest BCUT2D eigenvalue weighted by atomic mass is 10.2. The number of rotatable bonds is 1. The van der Waals surface area contributed by atoms with E-state index in [1.807, 2.05) is 6.92 Å². The Hall–Kier alpha value is -1.03. The number of aromatic hydroxyl groups is 1. The molecule has 4 heteroatoms. The molecule has 0 aliphatic rings. The second kappa shape index (κ2) is 3.28. The third-order valence-corrected chi connectivity index (χ3v) is 2.53. The minimum Gasteiger partial charge on any atom is -0.504 e. The van der Waals surface area contributed by atoms with Crippen LogP contribution in [-0.2, 0) is 6.42 Å². The van der Waals surface area contributed by atoms with Crippen LogP contribution in [-0.4, -0.2) is 5.11 Å². The monoisotopic (exact) mass is 258 g/mol. The van der Waals surface area contributed by atoms with Crippen LogP contribution in [0.4, 0.5) is 4.39 Å². The summed E-state index contributed by atoms with van der Waals surface area (Å²) in [5.41, 5.74) is 0.113. The van der Waals surface area contributed by atoms with Crippen LogP contribution in [0.1, 0.15) is 12.7 Å². The van der Waals surface area contributed by atoms with Gasteiger partial charge in [-0.3, -0.25) is 0 Å². The van der Waals surface area contributed by atoms with Crippen molar-refractivity contribution in [1.82, 2.24) is 0 Å². The Labute approximate surface area is 88.5 Å². The molecule has 0 unspecified atom stereocenters. The molecule has 1 N–H and O–H groups in total. The van der Waals surface area contributed by atoms with Crippen molar-refractivity contribution in [1.29, 1.82) is 0 Å². The van der Waals surface area contributed by atoms with E-state index in [9.17, 15) is 9.50 Å². The quantitative estimate of drug-likeness (QED) is 0.848. The minimum absolute atomic E-state index is 0.0303. The molecule has 1 heterocycles. The molecule has 0 aliphatic heterocycles. The summed E-state index contributed by atoms with van der Waals surface area (Å²) in [6.07, 6.45) is 0.539. The fourth-order valence-corrected chi connectivity index (χ4v) is 1.83. The Balaban J connectivity index is 2.85. The zero-order valence-electron chi connectivity index (χ0n) is 7.47. The van der Waals surface area contributed by atoms with Gasteiger partial charge in [-0.15, -0.1) is 0 Å². The molecule has 74 valence electrons. The maximum atomic E-state index is 13.3. The van der Waals surface area contributed by atoms with Crippen molar-refractivity contribution >= 4 is 26.9 Å². The molecule has 2 rings (SSSR count). The molecule has 2 aromatic rings. The molecule has 0 fully saturated rings. The van der Waals surface area contributed by atoms with E-state index in [1.54, 1.807) is 6.07 Å². The Bertz CT molecular complexity index is 490. The first-order chi connectivity index (χ1) is 6.63. The van der Waals surface area contributed by atoms with Crippen LogP contribution in [0.3, 0.4) is 0 Å². The van der Waals surface area contributed by atoms with Crippen molar-refractivity contribution in [2.75, 3.05) is 0 Å². The van der Waals surface area contributed by atoms with E-state index in [0.29, 0.717) is 22.0 Å². The summed E-state index contributed by atoms with van der Waals surface area (Å²) in [5.74, 6) is -0.0240. The molecule has 0 atom stereocenters. The highest BCUT2D eigenvalue weighted by Crippen LogP contribution is 2.35. The summed E-state index contributed by atoms with van der Waals surface area (Å²) in [7, 11) is 0. The van der Waals surface area contributed by atoms with E-state index in [0.717, 1.165) is 0 Å². The second-order valence-corrected chi connectivity index (χ2v) is 3.91. The van der Waals surface area contributed by atoms with E-state index < -0.39 is 5.82 Å². The first-order valence-electron chi connectivity index (χ1n) is 4.23. The van der Waals surface area contributed by atoms with Gasteiger partial charge in [0, 0.05) is 10.9 Å². The Morgan fingerprint density at radius 3 is 2.86 bits per heavy atom. The van der Waals surface area contributed by atoms with Gasteiger partial charge in [0.05, 0.1) is 5.39 Å². The highest BCUT2D eigenvalue weighted by molar-refractivity contribution is 9.10. The van der Waals surface area contributed by atoms with Gasteiger partial charge < -0.3 is 9.52 Å². The van der Waals surface area contributed by atoms with Gasteiger partial charge in [0.2, 0.25) is 0 Å². The highest BCUT2D eigenvalue weighted by atomic mass is 79.9. The number of hydrogen-bond donors (Lipinski definition) is 1. The van der Waals surface area contributed by atoms with Gasteiger partial charge in [0.1, 0.15) is 5.76 Å². The Morgan fingerprint density at radius 1 is 1.50 bits per heavy atom. The Morgan fingerprint density at radius 2 is 2.21 bits per heavy atom. The van der Waals surface area contributed by atoms with Crippen LogP contribution in [0.15, 0.2) is 21.0 Å².